The summed E-state index contributed by atoms with van der Waals surface area (Å²) in [5, 5.41) is 20.3. The molecule has 154 valence electrons. The van der Waals surface area contributed by atoms with E-state index >= 15 is 8.78 Å². The van der Waals surface area contributed by atoms with Crippen molar-refractivity contribution in [2.24, 2.45) is 5.92 Å². The van der Waals surface area contributed by atoms with Crippen LogP contribution in [0.4, 0.5) is 8.78 Å². The largest absolute Gasteiger partial charge is 0.360 e. The number of halogens is 2. The number of nitro groups is 1. The number of fused-ring (bicyclic) bond motifs is 1. The Morgan fingerprint density at radius 2 is 2.21 bits per heavy atom. The van der Waals surface area contributed by atoms with Crippen LogP contribution in [0.25, 0.3) is 0 Å². The van der Waals surface area contributed by atoms with Crippen molar-refractivity contribution in [2.45, 2.75) is 49.9 Å². The van der Waals surface area contributed by atoms with E-state index < -0.39 is 51.9 Å². The summed E-state index contributed by atoms with van der Waals surface area (Å²) in [7, 11) is -1.91. The molecule has 10 heteroatoms. The lowest BCUT2D eigenvalue weighted by Crippen LogP contribution is -2.63. The molecule has 2 unspecified atom stereocenters. The molecule has 0 radical (unpaired) electrons. The zero-order valence-electron chi connectivity index (χ0n) is 15.7. The average Bonchev–Trinajstić information content (AvgIpc) is 2.67. The third-order valence-corrected chi connectivity index (χ3v) is 6.67. The smallest absolute Gasteiger partial charge is 0.320 e. The van der Waals surface area contributed by atoms with Gasteiger partial charge in [0, 0.05) is 15.7 Å². The minimum absolute atomic E-state index is 0.0906. The highest BCUT2D eigenvalue weighted by Crippen LogP contribution is 2.48. The van der Waals surface area contributed by atoms with E-state index in [-0.39, 0.29) is 18.4 Å². The summed E-state index contributed by atoms with van der Waals surface area (Å²) in [4.78, 5) is 11.5. The Morgan fingerprint density at radius 3 is 2.82 bits per heavy atom. The maximum absolute atomic E-state index is 15.0. The van der Waals surface area contributed by atoms with Crippen molar-refractivity contribution in [1.29, 1.82) is 5.26 Å². The van der Waals surface area contributed by atoms with Crippen LogP contribution in [0.2, 0.25) is 0 Å². The molecule has 0 heterocycles. The Hall–Kier alpha value is -1.96. The highest BCUT2D eigenvalue weighted by atomic mass is 32.2. The van der Waals surface area contributed by atoms with E-state index in [4.69, 9.17) is 10.00 Å². The molecule has 0 saturated carbocycles. The second kappa shape index (κ2) is 9.03. The molecular formula is C18H23F2N3O4S. The van der Waals surface area contributed by atoms with Crippen molar-refractivity contribution in [2.75, 3.05) is 13.2 Å². The highest BCUT2D eigenvalue weighted by Gasteiger charge is 2.65. The first kappa shape index (κ1) is 22.3. The van der Waals surface area contributed by atoms with E-state index in [1.807, 2.05) is 0 Å². The van der Waals surface area contributed by atoms with Gasteiger partial charge in [-0.3, -0.25) is 10.1 Å². The van der Waals surface area contributed by atoms with Gasteiger partial charge in [-0.25, -0.2) is 13.0 Å². The Kier molecular flexibility index (Phi) is 7.20. The number of nitrogens with one attached hydrogen (secondary N) is 1. The van der Waals surface area contributed by atoms with Gasteiger partial charge < -0.3 is 4.74 Å². The molecule has 0 bridgehead atoms. The Bertz CT molecular complexity index is 786. The van der Waals surface area contributed by atoms with Gasteiger partial charge in [0.25, 0.3) is 5.92 Å². The van der Waals surface area contributed by atoms with Gasteiger partial charge in [0.15, 0.2) is 0 Å². The van der Waals surface area contributed by atoms with Crippen LogP contribution in [0.5, 0.6) is 0 Å². The number of ether oxygens (including phenoxy) is 1. The van der Waals surface area contributed by atoms with Gasteiger partial charge in [-0.1, -0.05) is 31.2 Å². The number of aryl methyl sites for hydroxylation is 1. The van der Waals surface area contributed by atoms with Gasteiger partial charge in [0.2, 0.25) is 0 Å². The van der Waals surface area contributed by atoms with E-state index in [0.29, 0.717) is 12.0 Å². The minimum atomic E-state index is -3.61. The van der Waals surface area contributed by atoms with Crippen LogP contribution in [0.1, 0.15) is 37.8 Å². The summed E-state index contributed by atoms with van der Waals surface area (Å²) in [6, 6.07) is 7.91. The number of rotatable bonds is 9. The summed E-state index contributed by atoms with van der Waals surface area (Å²) >= 11 is 0. The molecule has 1 aromatic carbocycles. The normalized spacial score (nSPS) is 24.0. The van der Waals surface area contributed by atoms with E-state index in [1.165, 1.54) is 12.1 Å². The maximum atomic E-state index is 15.0. The van der Waals surface area contributed by atoms with Crippen molar-refractivity contribution in [3.05, 3.63) is 45.5 Å². The maximum Gasteiger partial charge on any atom is 0.320 e. The van der Waals surface area contributed by atoms with Crippen molar-refractivity contribution in [1.82, 2.24) is 4.72 Å². The average molecular weight is 415 g/mol. The van der Waals surface area contributed by atoms with Gasteiger partial charge >= 0.3 is 5.66 Å². The zero-order chi connectivity index (χ0) is 20.9. The van der Waals surface area contributed by atoms with Gasteiger partial charge in [0.05, 0.1) is 6.07 Å². The van der Waals surface area contributed by atoms with E-state index in [1.54, 1.807) is 32.0 Å². The second-order valence-corrected chi connectivity index (χ2v) is 8.41. The fraction of sp³-hybridized carbons (Fsp3) is 0.611. The van der Waals surface area contributed by atoms with E-state index in [0.717, 1.165) is 0 Å². The zero-order valence-corrected chi connectivity index (χ0v) is 16.5. The van der Waals surface area contributed by atoms with Crippen LogP contribution >= 0.6 is 0 Å². The first-order chi connectivity index (χ1) is 13.2. The van der Waals surface area contributed by atoms with Crippen LogP contribution in [-0.4, -0.2) is 33.5 Å². The highest BCUT2D eigenvalue weighted by molar-refractivity contribution is 7.83. The quantitative estimate of drug-likeness (QED) is 0.289. The van der Waals surface area contributed by atoms with Gasteiger partial charge in [-0.05, 0) is 31.7 Å². The minimum Gasteiger partial charge on any atom is -0.360 e. The van der Waals surface area contributed by atoms with Crippen LogP contribution in [-0.2, 0) is 27.8 Å². The summed E-state index contributed by atoms with van der Waals surface area (Å²) in [5.41, 5.74) is -1.77. The topological polar surface area (TPSA) is 105 Å². The standard InChI is InChI=1S/C18H23F2N3O4S/c1-3-13(2)28(26)22-18(23(24)25)15-7-5-4-6-14(15)8-9-16(18)17(19,20)12-27-11-10-21/h4-7,13,16,22H,3,8-9,11-12H2,1-2H3/t13-,16?,18-,28?/m1/s1. The third kappa shape index (κ3) is 4.21. The van der Waals surface area contributed by atoms with Crippen LogP contribution < -0.4 is 4.72 Å². The summed E-state index contributed by atoms with van der Waals surface area (Å²) in [5.74, 6) is -5.40. The molecule has 1 N–H and O–H groups in total. The monoisotopic (exact) mass is 415 g/mol. The second-order valence-electron chi connectivity index (χ2n) is 6.80. The SMILES string of the molecule is CC[C@@H](C)S(=O)N[C@@]1([N+](=O)[O-])c2ccccc2CCC1C(F)(F)COCC#N. The Morgan fingerprint density at radius 1 is 1.54 bits per heavy atom. The number of nitriles is 1. The van der Waals surface area contributed by atoms with Crippen molar-refractivity contribution >= 4 is 11.0 Å². The third-order valence-electron chi connectivity index (χ3n) is 5.09. The number of nitrogens with zero attached hydrogens (tertiary/aromatic N) is 2. The first-order valence-corrected chi connectivity index (χ1v) is 10.2. The molecule has 0 aromatic heterocycles. The Labute approximate surface area is 164 Å². The molecule has 1 aliphatic rings. The molecule has 4 atom stereocenters. The molecule has 0 fully saturated rings. The molecule has 0 amide bonds. The fourth-order valence-electron chi connectivity index (χ4n) is 3.45. The summed E-state index contributed by atoms with van der Waals surface area (Å²) in [6.07, 6.45) is 0.495. The lowest BCUT2D eigenvalue weighted by Gasteiger charge is -2.41. The van der Waals surface area contributed by atoms with Crippen LogP contribution in [0.3, 0.4) is 0 Å². The summed E-state index contributed by atoms with van der Waals surface area (Å²) < 4.78 is 49.9. The van der Waals surface area contributed by atoms with Crippen molar-refractivity contribution < 1.29 is 22.6 Å². The fourth-order valence-corrected chi connectivity index (χ4v) is 4.59. The number of benzene rings is 1. The molecule has 1 aliphatic carbocycles. The number of alkyl halides is 2. The predicted molar refractivity (Wildman–Crippen MR) is 99.3 cm³/mol. The van der Waals surface area contributed by atoms with Gasteiger partial charge in [0.1, 0.15) is 30.1 Å². The lowest BCUT2D eigenvalue weighted by molar-refractivity contribution is -0.603. The first-order valence-electron chi connectivity index (χ1n) is 8.94. The van der Waals surface area contributed by atoms with Crippen molar-refractivity contribution in [3.8, 4) is 6.07 Å². The van der Waals surface area contributed by atoms with Gasteiger partial charge in [-0.15, -0.1) is 0 Å². The van der Waals surface area contributed by atoms with Gasteiger partial charge in [-0.2, -0.15) is 9.98 Å². The van der Waals surface area contributed by atoms with E-state index in [2.05, 4.69) is 4.72 Å². The number of hydrogen-bond donors (Lipinski definition) is 1. The predicted octanol–water partition coefficient (Wildman–Crippen LogP) is 2.91. The molecule has 1 aromatic rings. The molecule has 0 spiro atoms. The molecule has 7 nitrogen and oxygen atoms in total. The van der Waals surface area contributed by atoms with Crippen LogP contribution in [0, 0.1) is 27.4 Å². The Balaban J connectivity index is 2.58. The number of hydrogen-bond acceptors (Lipinski definition) is 5. The summed E-state index contributed by atoms with van der Waals surface area (Å²) in [6.45, 7) is 1.73. The molecule has 0 aliphatic heterocycles. The molecule has 2 rings (SSSR count). The molecule has 0 saturated heterocycles. The van der Waals surface area contributed by atoms with Crippen LogP contribution in [0.15, 0.2) is 24.3 Å². The van der Waals surface area contributed by atoms with Crippen molar-refractivity contribution in [3.63, 3.8) is 0 Å². The molecular weight excluding hydrogens is 392 g/mol. The molecule has 28 heavy (non-hydrogen) atoms. The lowest BCUT2D eigenvalue weighted by atomic mass is 9.72. The van der Waals surface area contributed by atoms with E-state index in [9.17, 15) is 14.3 Å².